The lowest BCUT2D eigenvalue weighted by Crippen LogP contribution is -2.36. The van der Waals surface area contributed by atoms with Crippen LogP contribution in [0.2, 0.25) is 0 Å². The smallest absolute Gasteiger partial charge is 0.294 e. The summed E-state index contributed by atoms with van der Waals surface area (Å²) in [5.41, 5.74) is 3.52. The fourth-order valence-corrected chi connectivity index (χ4v) is 5.68. The predicted molar refractivity (Wildman–Crippen MR) is 150 cm³/mol. The minimum atomic E-state index is -0.423. The molecule has 2 aromatic carbocycles. The second-order valence-corrected chi connectivity index (χ2v) is 10.3. The topological polar surface area (TPSA) is 107 Å². The fraction of sp³-hybridized carbons (Fsp3) is 0.286. The Morgan fingerprint density at radius 3 is 2.52 bits per heavy atom. The van der Waals surface area contributed by atoms with Gasteiger partial charge in [0.25, 0.3) is 16.8 Å². The number of thioether (sulfide) groups is 1. The highest BCUT2D eigenvalue weighted by Crippen LogP contribution is 2.35. The second-order valence-electron chi connectivity index (χ2n) is 9.33. The van der Waals surface area contributed by atoms with Gasteiger partial charge in [-0.1, -0.05) is 0 Å². The van der Waals surface area contributed by atoms with E-state index in [0.29, 0.717) is 43.4 Å². The maximum atomic E-state index is 13.1. The molecular weight excluding hydrogens is 539 g/mol. The zero-order chi connectivity index (χ0) is 28.4. The van der Waals surface area contributed by atoms with E-state index >= 15 is 0 Å². The highest BCUT2D eigenvalue weighted by molar-refractivity contribution is 8.18. The summed E-state index contributed by atoms with van der Waals surface area (Å²) in [6.45, 7) is 6.07. The Morgan fingerprint density at radius 1 is 1.10 bits per heavy atom. The zero-order valence-electron chi connectivity index (χ0n) is 22.0. The Hall–Kier alpha value is -4.16. The third-order valence-corrected chi connectivity index (χ3v) is 7.70. The third-order valence-electron chi connectivity index (χ3n) is 6.79. The van der Waals surface area contributed by atoms with Crippen LogP contribution in [0.5, 0.6) is 5.75 Å². The molecule has 0 radical (unpaired) electrons. The van der Waals surface area contributed by atoms with Gasteiger partial charge in [0.2, 0.25) is 0 Å². The molecule has 0 saturated carbocycles. The summed E-state index contributed by atoms with van der Waals surface area (Å²) in [5, 5.41) is 11.5. The highest BCUT2D eigenvalue weighted by Gasteiger charge is 2.35. The molecule has 1 aromatic heterocycles. The van der Waals surface area contributed by atoms with E-state index in [0.717, 1.165) is 33.6 Å². The molecule has 208 valence electrons. The van der Waals surface area contributed by atoms with Crippen LogP contribution >= 0.6 is 11.8 Å². The molecule has 12 heteroatoms. The van der Waals surface area contributed by atoms with Crippen molar-refractivity contribution in [2.75, 3.05) is 44.4 Å². The molecular formula is C28H27FN4O6S. The SMILES string of the molecule is Cc1cc(/C=C2\SC(=O)N(CCOc3ccc(F)cc3)C2=O)c(C)n1-c1ccc(N2CCOCC2)c([N+](=O)[O-])c1. The Kier molecular flexibility index (Phi) is 7.90. The Morgan fingerprint density at radius 2 is 1.82 bits per heavy atom. The Labute approximate surface area is 234 Å². The molecule has 3 aromatic rings. The van der Waals surface area contributed by atoms with Crippen molar-refractivity contribution >= 4 is 40.4 Å². The minimum absolute atomic E-state index is 0.0115. The number of aromatic nitrogens is 1. The molecule has 10 nitrogen and oxygen atoms in total. The van der Waals surface area contributed by atoms with Crippen molar-refractivity contribution in [3.63, 3.8) is 0 Å². The average Bonchev–Trinajstić information content (AvgIpc) is 3.38. The van der Waals surface area contributed by atoms with Crippen LogP contribution in [-0.4, -0.2) is 65.0 Å². The molecule has 3 heterocycles. The van der Waals surface area contributed by atoms with E-state index in [-0.39, 0.29) is 34.5 Å². The van der Waals surface area contributed by atoms with Crippen molar-refractivity contribution in [2.45, 2.75) is 13.8 Å². The monoisotopic (exact) mass is 566 g/mol. The van der Waals surface area contributed by atoms with Crippen LogP contribution in [0.3, 0.4) is 0 Å². The van der Waals surface area contributed by atoms with E-state index in [1.54, 1.807) is 18.2 Å². The van der Waals surface area contributed by atoms with Gasteiger partial charge in [-0.25, -0.2) is 4.39 Å². The molecule has 40 heavy (non-hydrogen) atoms. The predicted octanol–water partition coefficient (Wildman–Crippen LogP) is 5.09. The number of halogens is 1. The average molecular weight is 567 g/mol. The first-order valence-corrected chi connectivity index (χ1v) is 13.5. The zero-order valence-corrected chi connectivity index (χ0v) is 22.8. The molecule has 2 aliphatic rings. The highest BCUT2D eigenvalue weighted by atomic mass is 32.2. The van der Waals surface area contributed by atoms with Crippen LogP contribution in [0.1, 0.15) is 17.0 Å². The van der Waals surface area contributed by atoms with Gasteiger partial charge in [-0.2, -0.15) is 0 Å². The van der Waals surface area contributed by atoms with Gasteiger partial charge in [0.15, 0.2) is 0 Å². The molecule has 0 N–H and O–H groups in total. The van der Waals surface area contributed by atoms with Gasteiger partial charge < -0.3 is 18.9 Å². The van der Waals surface area contributed by atoms with E-state index in [2.05, 4.69) is 0 Å². The molecule has 0 spiro atoms. The summed E-state index contributed by atoms with van der Waals surface area (Å²) in [6, 6.07) is 12.5. The molecule has 2 amide bonds. The number of rotatable bonds is 8. The summed E-state index contributed by atoms with van der Waals surface area (Å²) < 4.78 is 25.9. The van der Waals surface area contributed by atoms with E-state index in [1.165, 1.54) is 24.3 Å². The van der Waals surface area contributed by atoms with Crippen molar-refractivity contribution in [3.8, 4) is 11.4 Å². The summed E-state index contributed by atoms with van der Waals surface area (Å²) >= 11 is 0.848. The standard InChI is InChI=1S/C28H27FN4O6S/c1-18-15-20(16-26-27(34)31(28(35)40-26)11-14-39-23-6-3-21(29)4-7-23)19(2)32(18)22-5-8-24(25(17-22)33(36)37)30-9-12-38-13-10-30/h3-8,15-17H,9-14H2,1-2H3/b26-16-. The van der Waals surface area contributed by atoms with Gasteiger partial charge in [-0.3, -0.25) is 24.6 Å². The summed E-state index contributed by atoms with van der Waals surface area (Å²) in [4.78, 5) is 40.5. The molecule has 5 rings (SSSR count). The number of carbonyl (C=O) groups excluding carboxylic acids is 2. The van der Waals surface area contributed by atoms with E-state index in [9.17, 15) is 24.1 Å². The number of carbonyl (C=O) groups is 2. The number of amides is 2. The summed E-state index contributed by atoms with van der Waals surface area (Å²) in [6.07, 6.45) is 1.67. The molecule has 0 aliphatic carbocycles. The number of morpholine rings is 1. The van der Waals surface area contributed by atoms with E-state index in [4.69, 9.17) is 9.47 Å². The number of benzene rings is 2. The fourth-order valence-electron chi connectivity index (χ4n) is 4.82. The van der Waals surface area contributed by atoms with Crippen LogP contribution in [0.25, 0.3) is 11.8 Å². The van der Waals surface area contributed by atoms with Crippen molar-refractivity contribution in [2.24, 2.45) is 0 Å². The maximum absolute atomic E-state index is 13.1. The molecule has 0 atom stereocenters. The molecule has 2 aliphatic heterocycles. The number of nitro benzene ring substituents is 1. The summed E-state index contributed by atoms with van der Waals surface area (Å²) in [7, 11) is 0. The van der Waals surface area contributed by atoms with E-state index in [1.807, 2.05) is 35.4 Å². The van der Waals surface area contributed by atoms with Crippen LogP contribution in [-0.2, 0) is 9.53 Å². The number of imide groups is 1. The van der Waals surface area contributed by atoms with E-state index < -0.39 is 11.1 Å². The molecule has 0 bridgehead atoms. The Bertz CT molecular complexity index is 1500. The molecule has 2 fully saturated rings. The number of nitrogens with zero attached hydrogens (tertiary/aromatic N) is 4. The number of hydrogen-bond donors (Lipinski definition) is 0. The van der Waals surface area contributed by atoms with Crippen LogP contribution < -0.4 is 9.64 Å². The lowest BCUT2D eigenvalue weighted by atomic mass is 10.2. The quantitative estimate of drug-likeness (QED) is 0.211. The van der Waals surface area contributed by atoms with Gasteiger partial charge in [0.1, 0.15) is 23.9 Å². The minimum Gasteiger partial charge on any atom is -0.492 e. The third kappa shape index (κ3) is 5.58. The van der Waals surface area contributed by atoms with Crippen LogP contribution in [0, 0.1) is 29.8 Å². The van der Waals surface area contributed by atoms with Gasteiger partial charge in [-0.15, -0.1) is 0 Å². The normalized spacial score (nSPS) is 16.7. The van der Waals surface area contributed by atoms with Gasteiger partial charge in [0.05, 0.1) is 35.3 Å². The van der Waals surface area contributed by atoms with Gasteiger partial charge in [0, 0.05) is 30.5 Å². The number of aryl methyl sites for hydroxylation is 1. The van der Waals surface area contributed by atoms with Crippen LogP contribution in [0.15, 0.2) is 53.4 Å². The maximum Gasteiger partial charge on any atom is 0.294 e. The van der Waals surface area contributed by atoms with Gasteiger partial charge in [-0.05, 0) is 79.7 Å². The molecule has 0 unspecified atom stereocenters. The first-order valence-electron chi connectivity index (χ1n) is 12.7. The first kappa shape index (κ1) is 27.4. The largest absolute Gasteiger partial charge is 0.492 e. The van der Waals surface area contributed by atoms with Crippen LogP contribution in [0.4, 0.5) is 20.6 Å². The lowest BCUT2D eigenvalue weighted by molar-refractivity contribution is -0.384. The van der Waals surface area contributed by atoms with Crippen molar-refractivity contribution < 1.29 is 28.4 Å². The summed E-state index contributed by atoms with van der Waals surface area (Å²) in [5.74, 6) is -0.367. The Balaban J connectivity index is 1.35. The number of ether oxygens (including phenoxy) is 2. The van der Waals surface area contributed by atoms with Crippen molar-refractivity contribution in [1.82, 2.24) is 9.47 Å². The van der Waals surface area contributed by atoms with Gasteiger partial charge >= 0.3 is 0 Å². The number of nitro groups is 1. The number of anilines is 1. The lowest BCUT2D eigenvalue weighted by Gasteiger charge is -2.28. The van der Waals surface area contributed by atoms with Crippen molar-refractivity contribution in [1.29, 1.82) is 0 Å². The molecule has 2 saturated heterocycles. The second kappa shape index (κ2) is 11.5. The van der Waals surface area contributed by atoms with Crippen molar-refractivity contribution in [3.05, 3.63) is 86.3 Å². The first-order chi connectivity index (χ1) is 19.2. The number of hydrogen-bond acceptors (Lipinski definition) is 8.